The fourth-order valence-electron chi connectivity index (χ4n) is 2.77. The van der Waals surface area contributed by atoms with Crippen molar-refractivity contribution >= 4 is 5.91 Å². The van der Waals surface area contributed by atoms with Crippen LogP contribution in [0.2, 0.25) is 0 Å². The second-order valence-electron chi connectivity index (χ2n) is 5.81. The predicted molar refractivity (Wildman–Crippen MR) is 76.8 cm³/mol. The summed E-state index contributed by atoms with van der Waals surface area (Å²) in [6, 6.07) is 3.70. The zero-order valence-corrected chi connectivity index (χ0v) is 12.6. The van der Waals surface area contributed by atoms with E-state index in [-0.39, 0.29) is 11.9 Å². The van der Waals surface area contributed by atoms with E-state index in [2.05, 4.69) is 24.1 Å². The maximum atomic E-state index is 12.7. The summed E-state index contributed by atoms with van der Waals surface area (Å²) in [5, 5.41) is 8.17. The van der Waals surface area contributed by atoms with Crippen LogP contribution in [0.1, 0.15) is 60.6 Å². The van der Waals surface area contributed by atoms with Crippen molar-refractivity contribution in [3.63, 3.8) is 0 Å². The fourth-order valence-corrected chi connectivity index (χ4v) is 2.77. The van der Waals surface area contributed by atoms with Crippen LogP contribution >= 0.6 is 0 Å². The molecule has 3 rings (SSSR count). The lowest BCUT2D eigenvalue weighted by atomic mass is 10.1. The summed E-state index contributed by atoms with van der Waals surface area (Å²) in [6.07, 6.45) is 3.53. The number of nitrogens with zero attached hydrogens (tertiary/aromatic N) is 4. The topological polar surface area (TPSA) is 64.2 Å². The molecule has 6 heteroatoms. The molecule has 2 aromatic heterocycles. The molecular weight excluding hydrogens is 268 g/mol. The van der Waals surface area contributed by atoms with Crippen molar-refractivity contribution < 1.29 is 9.32 Å². The standard InChI is InChI=1S/C15H20N4O2/c1-10(2)11-9-14(21-17-11)12-5-4-8-19(12)15(20)13-6-7-16-18(13)3/h6-7,9-10,12H,4-5,8H2,1-3H3/t12-/m0/s1. The van der Waals surface area contributed by atoms with Crippen molar-refractivity contribution in [2.45, 2.75) is 38.6 Å². The maximum absolute atomic E-state index is 12.7. The van der Waals surface area contributed by atoms with Gasteiger partial charge in [-0.3, -0.25) is 9.48 Å². The van der Waals surface area contributed by atoms with Gasteiger partial charge in [0.25, 0.3) is 5.91 Å². The molecule has 2 aromatic rings. The van der Waals surface area contributed by atoms with Crippen LogP contribution in [0.4, 0.5) is 0 Å². The number of amides is 1. The number of aryl methyl sites for hydroxylation is 1. The Labute approximate surface area is 123 Å². The van der Waals surface area contributed by atoms with Crippen molar-refractivity contribution in [3.8, 4) is 0 Å². The van der Waals surface area contributed by atoms with Gasteiger partial charge in [-0.1, -0.05) is 19.0 Å². The van der Waals surface area contributed by atoms with Crippen LogP contribution in [-0.2, 0) is 7.05 Å². The first-order valence-corrected chi connectivity index (χ1v) is 7.33. The number of rotatable bonds is 3. The van der Waals surface area contributed by atoms with E-state index in [1.54, 1.807) is 24.0 Å². The minimum absolute atomic E-state index is 0.00000283. The number of carbonyl (C=O) groups excluding carboxylic acids is 1. The molecule has 0 unspecified atom stereocenters. The normalized spacial score (nSPS) is 18.7. The fraction of sp³-hybridized carbons (Fsp3) is 0.533. The van der Waals surface area contributed by atoms with E-state index in [9.17, 15) is 4.79 Å². The van der Waals surface area contributed by atoms with Crippen molar-refractivity contribution in [2.75, 3.05) is 6.54 Å². The van der Waals surface area contributed by atoms with Crippen molar-refractivity contribution in [2.24, 2.45) is 7.05 Å². The zero-order chi connectivity index (χ0) is 15.0. The number of likely N-dealkylation sites (tertiary alicyclic amines) is 1. The first-order chi connectivity index (χ1) is 10.1. The number of hydrogen-bond acceptors (Lipinski definition) is 4. The molecule has 112 valence electrons. The number of aromatic nitrogens is 3. The van der Waals surface area contributed by atoms with Crippen molar-refractivity contribution in [1.82, 2.24) is 19.8 Å². The molecule has 0 bridgehead atoms. The van der Waals surface area contributed by atoms with Gasteiger partial charge in [-0.2, -0.15) is 5.10 Å². The van der Waals surface area contributed by atoms with E-state index in [0.29, 0.717) is 11.6 Å². The van der Waals surface area contributed by atoms with Crippen molar-refractivity contribution in [1.29, 1.82) is 0 Å². The van der Waals surface area contributed by atoms with Crippen LogP contribution in [0.5, 0.6) is 0 Å². The van der Waals surface area contributed by atoms with Gasteiger partial charge in [0.15, 0.2) is 5.76 Å². The summed E-state index contributed by atoms with van der Waals surface area (Å²) in [5.74, 6) is 1.11. The van der Waals surface area contributed by atoms with Gasteiger partial charge < -0.3 is 9.42 Å². The molecule has 0 N–H and O–H groups in total. The predicted octanol–water partition coefficient (Wildman–Crippen LogP) is 2.51. The molecular formula is C15H20N4O2. The second-order valence-corrected chi connectivity index (χ2v) is 5.81. The Morgan fingerprint density at radius 1 is 1.48 bits per heavy atom. The average molecular weight is 288 g/mol. The summed E-state index contributed by atoms with van der Waals surface area (Å²) in [7, 11) is 1.78. The van der Waals surface area contributed by atoms with E-state index in [1.807, 2.05) is 11.0 Å². The molecule has 6 nitrogen and oxygen atoms in total. The Balaban J connectivity index is 1.85. The van der Waals surface area contributed by atoms with Crippen LogP contribution in [-0.4, -0.2) is 32.3 Å². The molecule has 1 amide bonds. The van der Waals surface area contributed by atoms with Gasteiger partial charge in [0.05, 0.1) is 11.7 Å². The van der Waals surface area contributed by atoms with Gasteiger partial charge >= 0.3 is 0 Å². The molecule has 21 heavy (non-hydrogen) atoms. The Kier molecular flexibility index (Phi) is 3.53. The lowest BCUT2D eigenvalue weighted by Crippen LogP contribution is -2.31. The molecule has 0 radical (unpaired) electrons. The monoisotopic (exact) mass is 288 g/mol. The van der Waals surface area contributed by atoms with E-state index in [4.69, 9.17) is 4.52 Å². The van der Waals surface area contributed by atoms with Gasteiger partial charge in [-0.25, -0.2) is 0 Å². The number of hydrogen-bond donors (Lipinski definition) is 0. The molecule has 0 aliphatic carbocycles. The van der Waals surface area contributed by atoms with Gasteiger partial charge in [-0.15, -0.1) is 0 Å². The highest BCUT2D eigenvalue weighted by Gasteiger charge is 2.34. The van der Waals surface area contributed by atoms with Gasteiger partial charge in [0.2, 0.25) is 0 Å². The van der Waals surface area contributed by atoms with Crippen LogP contribution in [0.3, 0.4) is 0 Å². The molecule has 0 aromatic carbocycles. The van der Waals surface area contributed by atoms with E-state index in [1.165, 1.54) is 0 Å². The molecule has 1 saturated heterocycles. The van der Waals surface area contributed by atoms with Crippen LogP contribution in [0.25, 0.3) is 0 Å². The third kappa shape index (κ3) is 2.46. The largest absolute Gasteiger partial charge is 0.359 e. The quantitative estimate of drug-likeness (QED) is 0.870. The van der Waals surface area contributed by atoms with E-state index >= 15 is 0 Å². The first-order valence-electron chi connectivity index (χ1n) is 7.33. The maximum Gasteiger partial charge on any atom is 0.272 e. The lowest BCUT2D eigenvalue weighted by molar-refractivity contribution is 0.0703. The summed E-state index contributed by atoms with van der Waals surface area (Å²) >= 11 is 0. The summed E-state index contributed by atoms with van der Waals surface area (Å²) < 4.78 is 7.08. The minimum atomic E-state index is -0.0209. The summed E-state index contributed by atoms with van der Waals surface area (Å²) in [6.45, 7) is 4.90. The molecule has 1 aliphatic rings. The van der Waals surface area contributed by atoms with Crippen LogP contribution in [0.15, 0.2) is 22.9 Å². The smallest absolute Gasteiger partial charge is 0.272 e. The Bertz CT molecular complexity index is 644. The first kappa shape index (κ1) is 13.9. The lowest BCUT2D eigenvalue weighted by Gasteiger charge is -2.22. The zero-order valence-electron chi connectivity index (χ0n) is 12.6. The third-order valence-corrected chi connectivity index (χ3v) is 4.02. The van der Waals surface area contributed by atoms with Crippen LogP contribution < -0.4 is 0 Å². The van der Waals surface area contributed by atoms with Gasteiger partial charge in [-0.05, 0) is 24.8 Å². The Hall–Kier alpha value is -2.11. The molecule has 1 aliphatic heterocycles. The molecule has 0 spiro atoms. The molecule has 0 saturated carbocycles. The molecule has 3 heterocycles. The second kappa shape index (κ2) is 5.35. The highest BCUT2D eigenvalue weighted by molar-refractivity contribution is 5.92. The third-order valence-electron chi connectivity index (χ3n) is 4.02. The van der Waals surface area contributed by atoms with E-state index < -0.39 is 0 Å². The summed E-state index contributed by atoms with van der Waals surface area (Å²) in [5.41, 5.74) is 1.54. The molecule has 1 atom stereocenters. The minimum Gasteiger partial charge on any atom is -0.359 e. The molecule has 1 fully saturated rings. The highest BCUT2D eigenvalue weighted by Crippen LogP contribution is 2.34. The van der Waals surface area contributed by atoms with Gasteiger partial charge in [0, 0.05) is 25.9 Å². The average Bonchev–Trinajstić information content (AvgIpc) is 3.17. The SMILES string of the molecule is CC(C)c1cc([C@@H]2CCCN2C(=O)c2ccnn2C)on1. The Morgan fingerprint density at radius 2 is 2.29 bits per heavy atom. The van der Waals surface area contributed by atoms with Gasteiger partial charge in [0.1, 0.15) is 5.69 Å². The van der Waals surface area contributed by atoms with E-state index in [0.717, 1.165) is 30.8 Å². The Morgan fingerprint density at radius 3 is 2.90 bits per heavy atom. The van der Waals surface area contributed by atoms with Crippen LogP contribution in [0, 0.1) is 0 Å². The summed E-state index contributed by atoms with van der Waals surface area (Å²) in [4.78, 5) is 14.5. The van der Waals surface area contributed by atoms with Crippen molar-refractivity contribution in [3.05, 3.63) is 35.5 Å². The number of carbonyl (C=O) groups is 1. The highest BCUT2D eigenvalue weighted by atomic mass is 16.5.